The second kappa shape index (κ2) is 9.08. The Morgan fingerprint density at radius 3 is 2.37 bits per heavy atom. The normalized spacial score (nSPS) is 11.4. The van der Waals surface area contributed by atoms with E-state index < -0.39 is 10.0 Å². The summed E-state index contributed by atoms with van der Waals surface area (Å²) in [6.45, 7) is 0.258. The van der Waals surface area contributed by atoms with Crippen LogP contribution >= 0.6 is 0 Å². The molecule has 5 aromatic rings. The van der Waals surface area contributed by atoms with Gasteiger partial charge in [-0.15, -0.1) is 0 Å². The first-order chi connectivity index (χ1) is 16.9. The summed E-state index contributed by atoms with van der Waals surface area (Å²) in [4.78, 5) is 16.6. The van der Waals surface area contributed by atoms with Gasteiger partial charge >= 0.3 is 0 Å². The van der Waals surface area contributed by atoms with Crippen molar-refractivity contribution >= 4 is 32.5 Å². The molecule has 0 aliphatic heterocycles. The molecule has 0 radical (unpaired) electrons. The number of anilines is 1. The maximum atomic E-state index is 13.6. The van der Waals surface area contributed by atoms with Gasteiger partial charge < -0.3 is 11.1 Å². The third-order valence-corrected chi connectivity index (χ3v) is 7.39. The first-order valence-corrected chi connectivity index (χ1v) is 12.4. The van der Waals surface area contributed by atoms with Crippen molar-refractivity contribution in [3.05, 3.63) is 115 Å². The van der Waals surface area contributed by atoms with E-state index in [4.69, 9.17) is 5.73 Å². The average Bonchev–Trinajstić information content (AvgIpc) is 3.29. The fourth-order valence-corrected chi connectivity index (χ4v) is 5.35. The highest BCUT2D eigenvalue weighted by molar-refractivity contribution is 7.90. The van der Waals surface area contributed by atoms with Crippen molar-refractivity contribution in [1.29, 1.82) is 0 Å². The molecular formula is C27H22N4O3S. The van der Waals surface area contributed by atoms with Gasteiger partial charge in [0.1, 0.15) is 0 Å². The van der Waals surface area contributed by atoms with Crippen molar-refractivity contribution in [2.24, 2.45) is 0 Å². The first-order valence-electron chi connectivity index (χ1n) is 10.9. The largest absolute Gasteiger partial charge is 0.397 e. The van der Waals surface area contributed by atoms with Crippen molar-refractivity contribution in [1.82, 2.24) is 14.3 Å². The van der Waals surface area contributed by atoms with Gasteiger partial charge in [0.05, 0.1) is 16.1 Å². The lowest BCUT2D eigenvalue weighted by molar-refractivity contribution is 0.0950. The van der Waals surface area contributed by atoms with Gasteiger partial charge in [0.2, 0.25) is 0 Å². The number of fused-ring (bicyclic) bond motifs is 1. The van der Waals surface area contributed by atoms with E-state index in [0.717, 1.165) is 22.1 Å². The Bertz CT molecular complexity index is 1630. The van der Waals surface area contributed by atoms with E-state index >= 15 is 0 Å². The number of benzene rings is 3. The van der Waals surface area contributed by atoms with Crippen LogP contribution in [0.3, 0.4) is 0 Å². The smallest absolute Gasteiger partial charge is 0.268 e. The molecule has 0 fully saturated rings. The Kier molecular flexibility index (Phi) is 5.80. The molecular weight excluding hydrogens is 460 g/mol. The quantitative estimate of drug-likeness (QED) is 0.372. The lowest BCUT2D eigenvalue weighted by Crippen LogP contribution is -2.23. The highest BCUT2D eigenvalue weighted by atomic mass is 32.2. The third-order valence-electron chi connectivity index (χ3n) is 5.71. The van der Waals surface area contributed by atoms with Gasteiger partial charge in [0.25, 0.3) is 15.9 Å². The summed E-state index contributed by atoms with van der Waals surface area (Å²) in [5.74, 6) is -0.325. The maximum absolute atomic E-state index is 13.6. The Morgan fingerprint density at radius 2 is 1.63 bits per heavy atom. The monoisotopic (exact) mass is 482 g/mol. The van der Waals surface area contributed by atoms with Crippen LogP contribution in [-0.2, 0) is 16.6 Å². The topological polar surface area (TPSA) is 107 Å². The summed E-state index contributed by atoms with van der Waals surface area (Å²) in [6, 6.07) is 24.7. The van der Waals surface area contributed by atoms with E-state index in [-0.39, 0.29) is 17.3 Å². The molecule has 5 rings (SSSR count). The second-order valence-corrected chi connectivity index (χ2v) is 9.88. The minimum atomic E-state index is -3.89. The fourth-order valence-electron chi connectivity index (χ4n) is 3.98. The molecule has 7 nitrogen and oxygen atoms in total. The zero-order chi connectivity index (χ0) is 24.4. The van der Waals surface area contributed by atoms with Crippen LogP contribution in [0.1, 0.15) is 15.9 Å². The molecule has 8 heteroatoms. The van der Waals surface area contributed by atoms with Gasteiger partial charge in [0, 0.05) is 41.6 Å². The van der Waals surface area contributed by atoms with Crippen molar-refractivity contribution < 1.29 is 13.2 Å². The first kappa shape index (κ1) is 22.4. The SMILES string of the molecule is Nc1cncc(CNC(=O)c2ccc(S(=O)(=O)n3cc(-c4ccccc4)c4ccccc43)cc2)c1. The minimum Gasteiger partial charge on any atom is -0.397 e. The van der Waals surface area contributed by atoms with Crippen LogP contribution in [0.5, 0.6) is 0 Å². The molecule has 174 valence electrons. The second-order valence-electron chi connectivity index (χ2n) is 8.06. The standard InChI is InChI=1S/C27H22N4O3S/c28-22-14-19(15-29-17-22)16-30-27(32)21-10-12-23(13-11-21)35(33,34)31-18-25(20-6-2-1-3-7-20)24-8-4-5-9-26(24)31/h1-15,17-18H,16,28H2,(H,30,32). The zero-order valence-corrected chi connectivity index (χ0v) is 19.4. The number of para-hydroxylation sites is 1. The number of nitrogen functional groups attached to an aromatic ring is 1. The Labute approximate surface area is 202 Å². The van der Waals surface area contributed by atoms with Crippen LogP contribution in [0.15, 0.2) is 108 Å². The predicted octanol–water partition coefficient (Wildman–Crippen LogP) is 4.45. The van der Waals surface area contributed by atoms with Crippen LogP contribution < -0.4 is 11.1 Å². The number of nitrogens with one attached hydrogen (secondary N) is 1. The number of hydrogen-bond donors (Lipinski definition) is 2. The molecule has 2 aromatic heterocycles. The fraction of sp³-hybridized carbons (Fsp3) is 0.0370. The number of nitrogens with zero attached hydrogens (tertiary/aromatic N) is 2. The predicted molar refractivity (Wildman–Crippen MR) is 136 cm³/mol. The van der Waals surface area contributed by atoms with Crippen molar-refractivity contribution in [3.8, 4) is 11.1 Å². The van der Waals surface area contributed by atoms with Crippen LogP contribution in [-0.4, -0.2) is 23.3 Å². The number of nitrogens with two attached hydrogens (primary N) is 1. The van der Waals surface area contributed by atoms with E-state index in [9.17, 15) is 13.2 Å². The van der Waals surface area contributed by atoms with Crippen molar-refractivity contribution in [3.63, 3.8) is 0 Å². The molecule has 0 aliphatic rings. The number of aromatic nitrogens is 2. The van der Waals surface area contributed by atoms with Crippen LogP contribution in [0.2, 0.25) is 0 Å². The number of carbonyl (C=O) groups excluding carboxylic acids is 1. The van der Waals surface area contributed by atoms with Crippen LogP contribution in [0, 0.1) is 0 Å². The van der Waals surface area contributed by atoms with E-state index in [1.807, 2.05) is 48.5 Å². The Balaban J connectivity index is 1.43. The summed E-state index contributed by atoms with van der Waals surface area (Å²) in [7, 11) is -3.89. The van der Waals surface area contributed by atoms with Crippen LogP contribution in [0.4, 0.5) is 5.69 Å². The zero-order valence-electron chi connectivity index (χ0n) is 18.6. The summed E-state index contributed by atoms with van der Waals surface area (Å²) in [6.07, 6.45) is 4.80. The molecule has 35 heavy (non-hydrogen) atoms. The van der Waals surface area contributed by atoms with E-state index in [1.165, 1.54) is 34.4 Å². The van der Waals surface area contributed by atoms with Gasteiger partial charge in [0.15, 0.2) is 0 Å². The summed E-state index contributed by atoms with van der Waals surface area (Å²) in [5, 5.41) is 3.63. The number of carbonyl (C=O) groups is 1. The van der Waals surface area contributed by atoms with Crippen molar-refractivity contribution in [2.75, 3.05) is 5.73 Å². The number of hydrogen-bond acceptors (Lipinski definition) is 5. The molecule has 3 aromatic carbocycles. The van der Waals surface area contributed by atoms with Crippen molar-refractivity contribution in [2.45, 2.75) is 11.4 Å². The summed E-state index contributed by atoms with van der Waals surface area (Å²) >= 11 is 0. The molecule has 0 bridgehead atoms. The van der Waals surface area contributed by atoms with Gasteiger partial charge in [-0.3, -0.25) is 9.78 Å². The molecule has 0 unspecified atom stereocenters. The molecule has 0 aliphatic carbocycles. The van der Waals surface area contributed by atoms with Gasteiger partial charge in [-0.05, 0) is 47.5 Å². The van der Waals surface area contributed by atoms with E-state index in [1.54, 1.807) is 24.5 Å². The van der Waals surface area contributed by atoms with Crippen LogP contribution in [0.25, 0.3) is 22.0 Å². The minimum absolute atomic E-state index is 0.0921. The average molecular weight is 483 g/mol. The molecule has 0 spiro atoms. The lowest BCUT2D eigenvalue weighted by Gasteiger charge is -2.09. The molecule has 0 saturated carbocycles. The number of amides is 1. The highest BCUT2D eigenvalue weighted by Crippen LogP contribution is 2.32. The lowest BCUT2D eigenvalue weighted by atomic mass is 10.1. The van der Waals surface area contributed by atoms with E-state index in [2.05, 4.69) is 10.3 Å². The van der Waals surface area contributed by atoms with Gasteiger partial charge in [-0.1, -0.05) is 48.5 Å². The molecule has 0 saturated heterocycles. The molecule has 3 N–H and O–H groups in total. The number of rotatable bonds is 6. The van der Waals surface area contributed by atoms with Gasteiger partial charge in [-0.2, -0.15) is 0 Å². The highest BCUT2D eigenvalue weighted by Gasteiger charge is 2.22. The summed E-state index contributed by atoms with van der Waals surface area (Å²) < 4.78 is 28.4. The maximum Gasteiger partial charge on any atom is 0.268 e. The molecule has 1 amide bonds. The van der Waals surface area contributed by atoms with E-state index in [0.29, 0.717) is 16.8 Å². The Morgan fingerprint density at radius 1 is 0.914 bits per heavy atom. The van der Waals surface area contributed by atoms with Gasteiger partial charge in [-0.25, -0.2) is 12.4 Å². The number of pyridine rings is 1. The third kappa shape index (κ3) is 4.39. The Hall–Kier alpha value is -4.43. The summed E-state index contributed by atoms with van der Waals surface area (Å²) in [5.41, 5.74) is 9.70. The molecule has 2 heterocycles. The molecule has 0 atom stereocenters.